The van der Waals surface area contributed by atoms with E-state index in [4.69, 9.17) is 9.72 Å². The third kappa shape index (κ3) is 5.13. The summed E-state index contributed by atoms with van der Waals surface area (Å²) in [6.45, 7) is 1.13. The molecule has 0 radical (unpaired) electrons. The molecular formula is C29H35N7O3. The van der Waals surface area contributed by atoms with E-state index in [9.17, 15) is 9.59 Å². The number of ether oxygens (including phenoxy) is 1. The van der Waals surface area contributed by atoms with Crippen molar-refractivity contribution in [3.63, 3.8) is 0 Å². The summed E-state index contributed by atoms with van der Waals surface area (Å²) in [6.07, 6.45) is 6.78. The minimum Gasteiger partial charge on any atom is -0.376 e. The van der Waals surface area contributed by atoms with E-state index in [1.54, 1.807) is 9.58 Å². The lowest BCUT2D eigenvalue weighted by atomic mass is 9.92. The van der Waals surface area contributed by atoms with Crippen molar-refractivity contribution < 1.29 is 14.3 Å². The molecular weight excluding hydrogens is 494 g/mol. The van der Waals surface area contributed by atoms with Crippen LogP contribution in [0.2, 0.25) is 0 Å². The number of hydrogen-bond acceptors (Lipinski definition) is 6. The number of imidazole rings is 1. The molecule has 0 bridgehead atoms. The van der Waals surface area contributed by atoms with E-state index in [2.05, 4.69) is 15.6 Å². The molecule has 10 heteroatoms. The zero-order valence-electron chi connectivity index (χ0n) is 22.3. The van der Waals surface area contributed by atoms with Crippen LogP contribution in [0, 0.1) is 0 Å². The van der Waals surface area contributed by atoms with Gasteiger partial charge in [0.1, 0.15) is 17.9 Å². The second-order valence-electron chi connectivity index (χ2n) is 10.6. The monoisotopic (exact) mass is 529 g/mol. The van der Waals surface area contributed by atoms with Crippen LogP contribution in [0.3, 0.4) is 0 Å². The molecule has 2 atom stereocenters. The smallest absolute Gasteiger partial charge is 0.250 e. The lowest BCUT2D eigenvalue weighted by Gasteiger charge is -2.39. The summed E-state index contributed by atoms with van der Waals surface area (Å²) in [5.74, 6) is 0.163. The van der Waals surface area contributed by atoms with Gasteiger partial charge in [-0.25, -0.2) is 9.67 Å². The van der Waals surface area contributed by atoms with Crippen LogP contribution < -0.4 is 5.32 Å². The van der Waals surface area contributed by atoms with Crippen LogP contribution in [0.25, 0.3) is 22.1 Å². The Kier molecular flexibility index (Phi) is 7.28. The van der Waals surface area contributed by atoms with Gasteiger partial charge >= 0.3 is 0 Å². The summed E-state index contributed by atoms with van der Waals surface area (Å²) in [5.41, 5.74) is 3.24. The highest BCUT2D eigenvalue weighted by atomic mass is 16.5. The number of benzene rings is 2. The molecule has 204 valence electrons. The molecule has 6 rings (SSSR count). The third-order valence-electron chi connectivity index (χ3n) is 8.08. The number of nitrogens with zero attached hydrogens (tertiary/aromatic N) is 6. The molecule has 1 aliphatic carbocycles. The maximum absolute atomic E-state index is 14.3. The summed E-state index contributed by atoms with van der Waals surface area (Å²) in [4.78, 5) is 35.0. The molecule has 2 aromatic carbocycles. The highest BCUT2D eigenvalue weighted by Crippen LogP contribution is 2.32. The van der Waals surface area contributed by atoms with Gasteiger partial charge < -0.3 is 19.5 Å². The van der Waals surface area contributed by atoms with Gasteiger partial charge in [-0.15, -0.1) is 5.10 Å². The van der Waals surface area contributed by atoms with Gasteiger partial charge in [-0.3, -0.25) is 9.59 Å². The standard InChI is InChI=1S/C29H35N7O3/c1-34-24-15-7-5-13-22(24)31-28(34)27(29(38)30-18-21-12-9-17-39-21)36(20-10-3-2-4-11-20)26(37)19-35-25-16-8-6-14-23(25)32-33-35/h5-8,13-16,20-21,27H,2-4,9-12,17-19H2,1H3,(H,30,38)/t21-,27+/m0/s1. The van der Waals surface area contributed by atoms with Crippen LogP contribution in [-0.4, -0.2) is 66.6 Å². The van der Waals surface area contributed by atoms with E-state index in [0.717, 1.165) is 67.0 Å². The average Bonchev–Trinajstić information content (AvgIpc) is 3.71. The fourth-order valence-corrected chi connectivity index (χ4v) is 6.05. The van der Waals surface area contributed by atoms with E-state index >= 15 is 0 Å². The Morgan fingerprint density at radius 1 is 1.00 bits per heavy atom. The molecule has 2 amide bonds. The van der Waals surface area contributed by atoms with Crippen LogP contribution in [0.15, 0.2) is 48.5 Å². The van der Waals surface area contributed by atoms with Gasteiger partial charge in [0.2, 0.25) is 5.91 Å². The molecule has 3 heterocycles. The van der Waals surface area contributed by atoms with Crippen molar-refractivity contribution in [2.45, 2.75) is 69.7 Å². The summed E-state index contributed by atoms with van der Waals surface area (Å²) in [5, 5.41) is 11.6. The molecule has 2 aliphatic rings. The Balaban J connectivity index is 1.39. The summed E-state index contributed by atoms with van der Waals surface area (Å²) < 4.78 is 9.33. The lowest BCUT2D eigenvalue weighted by Crippen LogP contribution is -2.51. The lowest BCUT2D eigenvalue weighted by molar-refractivity contribution is -0.145. The molecule has 1 N–H and O–H groups in total. The number of amides is 2. The number of carbonyl (C=O) groups is 2. The maximum atomic E-state index is 14.3. The molecule has 39 heavy (non-hydrogen) atoms. The number of carbonyl (C=O) groups excluding carboxylic acids is 2. The van der Waals surface area contributed by atoms with Gasteiger partial charge in [-0.2, -0.15) is 0 Å². The Bertz CT molecular complexity index is 1470. The summed E-state index contributed by atoms with van der Waals surface area (Å²) in [6, 6.07) is 14.5. The van der Waals surface area contributed by atoms with Crippen molar-refractivity contribution in [2.75, 3.05) is 13.2 Å². The molecule has 4 aromatic rings. The molecule has 1 saturated carbocycles. The van der Waals surface area contributed by atoms with E-state index < -0.39 is 6.04 Å². The number of rotatable bonds is 8. The minimum absolute atomic E-state index is 0.00350. The Hall–Kier alpha value is -3.79. The first-order valence-electron chi connectivity index (χ1n) is 14.0. The first-order chi connectivity index (χ1) is 19.1. The topological polar surface area (TPSA) is 107 Å². The zero-order chi connectivity index (χ0) is 26.8. The number of nitrogens with one attached hydrogen (secondary N) is 1. The van der Waals surface area contributed by atoms with Gasteiger partial charge in [0.05, 0.1) is 22.7 Å². The summed E-state index contributed by atoms with van der Waals surface area (Å²) in [7, 11) is 1.92. The minimum atomic E-state index is -0.880. The van der Waals surface area contributed by atoms with Crippen LogP contribution >= 0.6 is 0 Å². The van der Waals surface area contributed by atoms with E-state index in [0.29, 0.717) is 19.0 Å². The van der Waals surface area contributed by atoms with Gasteiger partial charge in [-0.05, 0) is 49.9 Å². The van der Waals surface area contributed by atoms with Crippen molar-refractivity contribution in [3.8, 4) is 0 Å². The second-order valence-corrected chi connectivity index (χ2v) is 10.6. The van der Waals surface area contributed by atoms with Crippen molar-refractivity contribution in [2.24, 2.45) is 7.05 Å². The van der Waals surface area contributed by atoms with Crippen molar-refractivity contribution in [3.05, 3.63) is 54.4 Å². The normalized spacial score (nSPS) is 18.9. The third-order valence-corrected chi connectivity index (χ3v) is 8.08. The first kappa shape index (κ1) is 25.5. The van der Waals surface area contributed by atoms with Crippen LogP contribution in [0.4, 0.5) is 0 Å². The van der Waals surface area contributed by atoms with E-state index in [1.807, 2.05) is 60.1 Å². The summed E-state index contributed by atoms with van der Waals surface area (Å²) >= 11 is 0. The quantitative estimate of drug-likeness (QED) is 0.374. The van der Waals surface area contributed by atoms with E-state index in [1.165, 1.54) is 0 Å². The van der Waals surface area contributed by atoms with Gasteiger partial charge in [0, 0.05) is 26.2 Å². The molecule has 0 spiro atoms. The molecule has 2 aromatic heterocycles. The van der Waals surface area contributed by atoms with Crippen LogP contribution in [0.5, 0.6) is 0 Å². The first-order valence-corrected chi connectivity index (χ1v) is 14.0. The molecule has 1 aliphatic heterocycles. The van der Waals surface area contributed by atoms with E-state index in [-0.39, 0.29) is 30.5 Å². The zero-order valence-corrected chi connectivity index (χ0v) is 22.3. The number of aryl methyl sites for hydroxylation is 1. The second kappa shape index (κ2) is 11.1. The van der Waals surface area contributed by atoms with Crippen molar-refractivity contribution in [1.82, 2.24) is 34.8 Å². The fraction of sp³-hybridized carbons (Fsp3) is 0.483. The maximum Gasteiger partial charge on any atom is 0.250 e. The van der Waals surface area contributed by atoms with Crippen LogP contribution in [-0.2, 0) is 27.9 Å². The number of fused-ring (bicyclic) bond motifs is 2. The van der Waals surface area contributed by atoms with Gasteiger partial charge in [0.25, 0.3) is 5.91 Å². The molecule has 2 fully saturated rings. The molecule has 0 unspecified atom stereocenters. The Morgan fingerprint density at radius 3 is 2.49 bits per heavy atom. The number of hydrogen-bond donors (Lipinski definition) is 1. The van der Waals surface area contributed by atoms with Gasteiger partial charge in [0.15, 0.2) is 6.04 Å². The SMILES string of the molecule is Cn1c([C@H](C(=O)NC[C@@H]2CCCO2)N(C(=O)Cn2nnc3ccccc32)C2CCCCC2)nc2ccccc21. The average molecular weight is 530 g/mol. The van der Waals surface area contributed by atoms with Crippen molar-refractivity contribution in [1.29, 1.82) is 0 Å². The van der Waals surface area contributed by atoms with Crippen molar-refractivity contribution >= 4 is 33.9 Å². The van der Waals surface area contributed by atoms with Gasteiger partial charge in [-0.1, -0.05) is 48.7 Å². The predicted octanol–water partition coefficient (Wildman–Crippen LogP) is 3.52. The molecule has 1 saturated heterocycles. The highest BCUT2D eigenvalue weighted by molar-refractivity contribution is 5.90. The predicted molar refractivity (Wildman–Crippen MR) is 147 cm³/mol. The number of aromatic nitrogens is 5. The van der Waals surface area contributed by atoms with Crippen LogP contribution in [0.1, 0.15) is 56.8 Å². The number of para-hydroxylation sites is 3. The highest BCUT2D eigenvalue weighted by Gasteiger charge is 2.40. The molecule has 10 nitrogen and oxygen atoms in total. The largest absolute Gasteiger partial charge is 0.376 e. The Morgan fingerprint density at radius 2 is 1.74 bits per heavy atom. The fourth-order valence-electron chi connectivity index (χ4n) is 6.05. The Labute approximate surface area is 227 Å².